The summed E-state index contributed by atoms with van der Waals surface area (Å²) in [6, 6.07) is -0.778. The molecule has 1 aliphatic heterocycles. The van der Waals surface area contributed by atoms with Gasteiger partial charge in [0, 0.05) is 12.5 Å². The summed E-state index contributed by atoms with van der Waals surface area (Å²) in [7, 11) is 0. The van der Waals surface area contributed by atoms with Crippen LogP contribution in [-0.2, 0) is 19.1 Å². The monoisotopic (exact) mass is 495 g/mol. The van der Waals surface area contributed by atoms with Crippen molar-refractivity contribution in [1.29, 1.82) is 0 Å². The van der Waals surface area contributed by atoms with Crippen LogP contribution in [0.25, 0.3) is 0 Å². The molecule has 0 spiro atoms. The Labute approximate surface area is 212 Å². The van der Waals surface area contributed by atoms with Gasteiger partial charge in [0.25, 0.3) is 0 Å². The van der Waals surface area contributed by atoms with E-state index in [2.05, 4.69) is 31.4 Å². The molecular weight excluding hydrogens is 446 g/mol. The first-order valence-electron chi connectivity index (χ1n) is 13.5. The molecule has 35 heavy (non-hydrogen) atoms. The summed E-state index contributed by atoms with van der Waals surface area (Å²) < 4.78 is 12.3. The number of carbonyl (C=O) groups is 3. The minimum absolute atomic E-state index is 0.0270. The van der Waals surface area contributed by atoms with Crippen LogP contribution in [0, 0.1) is 17.8 Å². The lowest BCUT2D eigenvalue weighted by atomic mass is 9.83. The zero-order chi connectivity index (χ0) is 26.6. The predicted octanol–water partition coefficient (Wildman–Crippen LogP) is 4.61. The molecule has 0 aromatic heterocycles. The molecule has 0 bridgehead atoms. The van der Waals surface area contributed by atoms with Crippen molar-refractivity contribution in [2.24, 2.45) is 17.8 Å². The third kappa shape index (κ3) is 7.83. The number of nitrogens with zero attached hydrogens (tertiary/aromatic N) is 1. The number of amides is 3. The molecule has 1 heterocycles. The van der Waals surface area contributed by atoms with Crippen molar-refractivity contribution in [3.63, 3.8) is 0 Å². The Morgan fingerprint density at radius 1 is 1.14 bits per heavy atom. The molecule has 2 fully saturated rings. The number of unbranched alkanes of at least 4 members (excludes halogenated alkanes) is 1. The molecule has 1 saturated carbocycles. The Morgan fingerprint density at radius 3 is 2.37 bits per heavy atom. The highest BCUT2D eigenvalue weighted by atomic mass is 16.6. The summed E-state index contributed by atoms with van der Waals surface area (Å²) in [4.78, 5) is 40.7. The molecule has 202 valence electrons. The van der Waals surface area contributed by atoms with Gasteiger partial charge in [-0.15, -0.1) is 0 Å². The van der Waals surface area contributed by atoms with Gasteiger partial charge in [-0.05, 0) is 79.1 Å². The van der Waals surface area contributed by atoms with E-state index >= 15 is 0 Å². The molecular formula is C27H49N3O5. The fourth-order valence-electron chi connectivity index (χ4n) is 5.41. The summed E-state index contributed by atoms with van der Waals surface area (Å²) >= 11 is 0. The molecule has 1 aliphatic carbocycles. The second kappa shape index (κ2) is 11.9. The van der Waals surface area contributed by atoms with Gasteiger partial charge in [0.1, 0.15) is 17.4 Å². The Bertz CT molecular complexity index is 746. The van der Waals surface area contributed by atoms with E-state index in [9.17, 15) is 14.4 Å². The lowest BCUT2D eigenvalue weighted by Gasteiger charge is -2.36. The van der Waals surface area contributed by atoms with Crippen LogP contribution < -0.4 is 10.6 Å². The maximum absolute atomic E-state index is 13.3. The van der Waals surface area contributed by atoms with E-state index in [4.69, 9.17) is 9.47 Å². The zero-order valence-corrected chi connectivity index (χ0v) is 23.4. The van der Waals surface area contributed by atoms with E-state index in [1.165, 1.54) is 0 Å². The van der Waals surface area contributed by atoms with E-state index in [0.29, 0.717) is 12.5 Å². The Balaban J connectivity index is 2.20. The van der Waals surface area contributed by atoms with Crippen LogP contribution in [-0.4, -0.2) is 58.9 Å². The third-order valence-corrected chi connectivity index (χ3v) is 6.93. The number of ether oxygens (including phenoxy) is 2. The van der Waals surface area contributed by atoms with E-state index in [0.717, 1.165) is 38.5 Å². The summed E-state index contributed by atoms with van der Waals surface area (Å²) in [6.45, 7) is 18.1. The van der Waals surface area contributed by atoms with Crippen molar-refractivity contribution < 1.29 is 23.9 Å². The van der Waals surface area contributed by atoms with Crippen LogP contribution in [0.1, 0.15) is 101 Å². The summed E-state index contributed by atoms with van der Waals surface area (Å²) in [5.41, 5.74) is -1.46. The molecule has 8 heteroatoms. The molecule has 3 amide bonds. The third-order valence-electron chi connectivity index (χ3n) is 6.93. The van der Waals surface area contributed by atoms with Gasteiger partial charge in [0.15, 0.2) is 0 Å². The second-order valence-electron chi connectivity index (χ2n) is 12.2. The number of carbonyl (C=O) groups excluding carboxylic acids is 3. The van der Waals surface area contributed by atoms with Crippen LogP contribution >= 0.6 is 0 Å². The molecule has 0 radical (unpaired) electrons. The lowest BCUT2D eigenvalue weighted by Crippen LogP contribution is -2.52. The average Bonchev–Trinajstić information content (AvgIpc) is 3.28. The van der Waals surface area contributed by atoms with Crippen LogP contribution in [0.5, 0.6) is 0 Å². The molecule has 0 unspecified atom stereocenters. The summed E-state index contributed by atoms with van der Waals surface area (Å²) in [6.07, 6.45) is 4.54. The largest absolute Gasteiger partial charge is 0.444 e. The van der Waals surface area contributed by atoms with Gasteiger partial charge in [-0.2, -0.15) is 0 Å². The summed E-state index contributed by atoms with van der Waals surface area (Å²) in [5.74, 6) is -0.208. The van der Waals surface area contributed by atoms with E-state index in [1.807, 2.05) is 34.6 Å². The smallest absolute Gasteiger partial charge is 0.412 e. The second-order valence-corrected chi connectivity index (χ2v) is 12.2. The molecule has 5 atom stereocenters. The molecule has 2 N–H and O–H groups in total. The number of hydrogen-bond acceptors (Lipinski definition) is 5. The highest BCUT2D eigenvalue weighted by Gasteiger charge is 2.55. The maximum Gasteiger partial charge on any atom is 0.412 e. The Kier molecular flexibility index (Phi) is 10.0. The first kappa shape index (κ1) is 29.4. The van der Waals surface area contributed by atoms with Crippen LogP contribution in [0.4, 0.5) is 4.79 Å². The average molecular weight is 496 g/mol. The molecule has 1 saturated heterocycles. The molecule has 2 aliphatic rings. The van der Waals surface area contributed by atoms with Gasteiger partial charge >= 0.3 is 6.09 Å². The van der Waals surface area contributed by atoms with E-state index in [1.54, 1.807) is 11.8 Å². The van der Waals surface area contributed by atoms with Crippen LogP contribution in [0.2, 0.25) is 0 Å². The normalized spacial score (nSPS) is 27.1. The maximum atomic E-state index is 13.3. The first-order chi connectivity index (χ1) is 16.2. The Hall–Kier alpha value is -1.83. The Morgan fingerprint density at radius 2 is 1.80 bits per heavy atom. The van der Waals surface area contributed by atoms with Crippen LogP contribution in [0.3, 0.4) is 0 Å². The van der Waals surface area contributed by atoms with Crippen molar-refractivity contribution in [3.05, 3.63) is 0 Å². The van der Waals surface area contributed by atoms with Crippen molar-refractivity contribution in [1.82, 2.24) is 15.5 Å². The number of hydrogen-bond donors (Lipinski definition) is 2. The molecule has 0 aromatic carbocycles. The topological polar surface area (TPSA) is 97.0 Å². The van der Waals surface area contributed by atoms with Gasteiger partial charge in [0.05, 0.1) is 12.1 Å². The van der Waals surface area contributed by atoms with Crippen LogP contribution in [0.15, 0.2) is 0 Å². The fraction of sp³-hybridized carbons (Fsp3) is 0.889. The lowest BCUT2D eigenvalue weighted by molar-refractivity contribution is -0.134. The van der Waals surface area contributed by atoms with E-state index < -0.39 is 17.4 Å². The van der Waals surface area contributed by atoms with E-state index in [-0.39, 0.29) is 41.9 Å². The van der Waals surface area contributed by atoms with Crippen molar-refractivity contribution in [3.8, 4) is 0 Å². The minimum atomic E-state index is -0.845. The van der Waals surface area contributed by atoms with Gasteiger partial charge in [-0.1, -0.05) is 33.6 Å². The number of rotatable bonds is 9. The van der Waals surface area contributed by atoms with Gasteiger partial charge in [0.2, 0.25) is 11.8 Å². The zero-order valence-electron chi connectivity index (χ0n) is 23.4. The minimum Gasteiger partial charge on any atom is -0.444 e. The van der Waals surface area contributed by atoms with Gasteiger partial charge in [-0.3, -0.25) is 14.5 Å². The fourth-order valence-corrected chi connectivity index (χ4v) is 5.41. The standard InChI is InChI=1S/C27H49N3O5/c1-10-11-15-28-23(31)18(4)29-24(32)20-14-12-13-19(20)22-21(16-17(2)3)30(27(8,9)34-22)25(33)35-26(5,6)7/h17-22H,10-16H2,1-9H3,(H,28,31)(H,29,32)/t18-,19+,20+,21-,22-/m0/s1. The number of nitrogens with one attached hydrogen (secondary N) is 2. The first-order valence-corrected chi connectivity index (χ1v) is 13.5. The van der Waals surface area contributed by atoms with Gasteiger partial charge in [-0.25, -0.2) is 4.79 Å². The summed E-state index contributed by atoms with van der Waals surface area (Å²) in [5, 5.41) is 5.82. The quantitative estimate of drug-likeness (QED) is 0.455. The highest BCUT2D eigenvalue weighted by Crippen LogP contribution is 2.46. The molecule has 0 aromatic rings. The van der Waals surface area contributed by atoms with Gasteiger partial charge < -0.3 is 20.1 Å². The highest BCUT2D eigenvalue weighted by molar-refractivity contribution is 5.88. The van der Waals surface area contributed by atoms with Crippen molar-refractivity contribution >= 4 is 17.9 Å². The SMILES string of the molecule is CCCCNC(=O)[C@H](C)NC(=O)[C@@H]1CCC[C@H]1[C@@H]1OC(C)(C)N(C(=O)OC(C)(C)C)[C@H]1CC(C)C. The molecule has 8 nitrogen and oxygen atoms in total. The van der Waals surface area contributed by atoms with Crippen molar-refractivity contribution in [2.75, 3.05) is 6.54 Å². The molecule has 2 rings (SSSR count). The predicted molar refractivity (Wildman–Crippen MR) is 137 cm³/mol. The van der Waals surface area contributed by atoms with Crippen molar-refractivity contribution in [2.45, 2.75) is 130 Å².